The highest BCUT2D eigenvalue weighted by Crippen LogP contribution is 2.38. The van der Waals surface area contributed by atoms with Crippen LogP contribution >= 0.6 is 11.6 Å². The third-order valence-electron chi connectivity index (χ3n) is 8.31. The number of likely N-dealkylation sites (N-methyl/N-ethyl adjacent to an activating group) is 1. The number of halogens is 2. The monoisotopic (exact) mass is 653 g/mol. The predicted molar refractivity (Wildman–Crippen MR) is 174 cm³/mol. The Bertz CT molecular complexity index is 1710. The Hall–Kier alpha value is -3.93. The van der Waals surface area contributed by atoms with Gasteiger partial charge in [-0.15, -0.1) is 0 Å². The lowest BCUT2D eigenvalue weighted by atomic mass is 9.78. The minimum absolute atomic E-state index is 0.0145. The fourth-order valence-electron chi connectivity index (χ4n) is 5.93. The van der Waals surface area contributed by atoms with Crippen LogP contribution in [0, 0.1) is 5.82 Å². The Balaban J connectivity index is 1.44. The van der Waals surface area contributed by atoms with Crippen LogP contribution in [0.5, 0.6) is 11.5 Å². The van der Waals surface area contributed by atoms with Gasteiger partial charge in [0.05, 0.1) is 31.5 Å². The number of nitrogens with one attached hydrogen (secondary N) is 1. The van der Waals surface area contributed by atoms with Crippen LogP contribution in [0.1, 0.15) is 36.3 Å². The molecule has 0 aliphatic heterocycles. The third-order valence-corrected chi connectivity index (χ3v) is 10.4. The zero-order valence-corrected chi connectivity index (χ0v) is 27.2. The van der Waals surface area contributed by atoms with Crippen LogP contribution in [0.15, 0.2) is 84.1 Å². The van der Waals surface area contributed by atoms with Crippen molar-refractivity contribution in [3.8, 4) is 11.5 Å². The van der Waals surface area contributed by atoms with Crippen LogP contribution in [0.4, 0.5) is 15.9 Å². The molecule has 1 saturated carbocycles. The number of hydrogen-bond donors (Lipinski definition) is 1. The van der Waals surface area contributed by atoms with E-state index in [9.17, 15) is 8.42 Å². The summed E-state index contributed by atoms with van der Waals surface area (Å²) in [6.07, 6.45) is 5.37. The van der Waals surface area contributed by atoms with Gasteiger partial charge in [0.25, 0.3) is 10.0 Å². The van der Waals surface area contributed by atoms with Crippen molar-refractivity contribution in [2.24, 2.45) is 0 Å². The molecule has 0 amide bonds. The molecule has 0 spiro atoms. The van der Waals surface area contributed by atoms with Gasteiger partial charge >= 0.3 is 0 Å². The summed E-state index contributed by atoms with van der Waals surface area (Å²) in [7, 11) is 2.56. The van der Waals surface area contributed by atoms with E-state index in [-0.39, 0.29) is 29.5 Å². The highest BCUT2D eigenvalue weighted by Gasteiger charge is 2.35. The van der Waals surface area contributed by atoms with Crippen LogP contribution in [0.25, 0.3) is 0 Å². The van der Waals surface area contributed by atoms with Gasteiger partial charge in [-0.25, -0.2) is 27.1 Å². The van der Waals surface area contributed by atoms with E-state index in [0.29, 0.717) is 28.7 Å². The minimum atomic E-state index is -4.50. The third kappa shape index (κ3) is 7.16. The molecule has 3 atom stereocenters. The first-order chi connectivity index (χ1) is 21.6. The molecule has 1 aromatic heterocycles. The van der Waals surface area contributed by atoms with Gasteiger partial charge in [-0.3, -0.25) is 0 Å². The quantitative estimate of drug-likeness (QED) is 0.200. The van der Waals surface area contributed by atoms with Gasteiger partial charge in [-0.05, 0) is 69.1 Å². The molecule has 1 aliphatic rings. The molecule has 238 valence electrons. The zero-order chi connectivity index (χ0) is 32.1. The highest BCUT2D eigenvalue weighted by atomic mass is 35.5. The number of nitrogens with zero attached hydrogens (tertiary/aromatic N) is 4. The minimum Gasteiger partial charge on any atom is -0.497 e. The van der Waals surface area contributed by atoms with Crippen molar-refractivity contribution in [3.05, 3.63) is 101 Å². The molecule has 0 saturated heterocycles. The molecule has 1 N–H and O–H groups in total. The Morgan fingerprint density at radius 3 is 2.47 bits per heavy atom. The molecule has 45 heavy (non-hydrogen) atoms. The first kappa shape index (κ1) is 32.5. The van der Waals surface area contributed by atoms with Gasteiger partial charge in [0.2, 0.25) is 0 Å². The number of rotatable bonds is 11. The van der Waals surface area contributed by atoms with Gasteiger partial charge in [0.1, 0.15) is 34.4 Å². The van der Waals surface area contributed by atoms with Crippen molar-refractivity contribution in [3.63, 3.8) is 0 Å². The number of hydrogen-bond acceptors (Lipinski definition) is 8. The smallest absolute Gasteiger partial charge is 0.268 e. The molecule has 1 fully saturated rings. The van der Waals surface area contributed by atoms with E-state index < -0.39 is 20.7 Å². The lowest BCUT2D eigenvalue weighted by Gasteiger charge is -2.41. The predicted octanol–water partition coefficient (Wildman–Crippen LogP) is 6.36. The second-order valence-electron chi connectivity index (χ2n) is 11.2. The Labute approximate surface area is 269 Å². The summed E-state index contributed by atoms with van der Waals surface area (Å²) in [5.41, 5.74) is 2.17. The molecular weight excluding hydrogens is 617 g/mol. The van der Waals surface area contributed by atoms with Crippen molar-refractivity contribution >= 4 is 33.1 Å². The van der Waals surface area contributed by atoms with Gasteiger partial charge in [-0.2, -0.15) is 0 Å². The molecule has 1 unspecified atom stereocenters. The van der Waals surface area contributed by atoms with Crippen molar-refractivity contribution in [2.75, 3.05) is 37.9 Å². The Morgan fingerprint density at radius 1 is 1.02 bits per heavy atom. The van der Waals surface area contributed by atoms with Gasteiger partial charge < -0.3 is 19.7 Å². The number of anilines is 2. The van der Waals surface area contributed by atoms with Gasteiger partial charge in [0, 0.05) is 36.0 Å². The maximum atomic E-state index is 15.9. The molecule has 5 rings (SSSR count). The number of benzene rings is 3. The average Bonchev–Trinajstić information content (AvgIpc) is 3.05. The van der Waals surface area contributed by atoms with Gasteiger partial charge in [-0.1, -0.05) is 41.9 Å². The Morgan fingerprint density at radius 2 is 1.80 bits per heavy atom. The topological polar surface area (TPSA) is 96.9 Å². The van der Waals surface area contributed by atoms with E-state index >= 15 is 4.39 Å². The number of methoxy groups -OCH3 is 2. The van der Waals surface area contributed by atoms with Crippen LogP contribution < -0.4 is 19.1 Å². The summed E-state index contributed by atoms with van der Waals surface area (Å²) >= 11 is 6.69. The summed E-state index contributed by atoms with van der Waals surface area (Å²) in [5.74, 6) is 0.484. The molecular formula is C33H37ClFN5O4S. The van der Waals surface area contributed by atoms with Crippen LogP contribution in [0.3, 0.4) is 0 Å². The van der Waals surface area contributed by atoms with E-state index in [1.54, 1.807) is 18.2 Å². The number of ether oxygens (including phenoxy) is 2. The lowest BCUT2D eigenvalue weighted by molar-refractivity contribution is 0.196. The summed E-state index contributed by atoms with van der Waals surface area (Å²) < 4.78 is 55.9. The Kier molecular flexibility index (Phi) is 10.1. The van der Waals surface area contributed by atoms with Crippen molar-refractivity contribution in [2.45, 2.75) is 48.7 Å². The molecule has 9 nitrogen and oxygen atoms in total. The second-order valence-corrected chi connectivity index (χ2v) is 13.5. The summed E-state index contributed by atoms with van der Waals surface area (Å²) in [6.45, 7) is -0.196. The van der Waals surface area contributed by atoms with Crippen molar-refractivity contribution < 1.29 is 22.3 Å². The maximum Gasteiger partial charge on any atom is 0.268 e. The summed E-state index contributed by atoms with van der Waals surface area (Å²) in [6, 6.07) is 19.4. The zero-order valence-electron chi connectivity index (χ0n) is 25.7. The van der Waals surface area contributed by atoms with E-state index in [1.165, 1.54) is 38.4 Å². The molecule has 1 aliphatic carbocycles. The van der Waals surface area contributed by atoms with Crippen LogP contribution in [-0.2, 0) is 16.6 Å². The second kappa shape index (κ2) is 14.0. The molecule has 0 bridgehead atoms. The normalized spacial score (nSPS) is 18.4. The summed E-state index contributed by atoms with van der Waals surface area (Å²) in [4.78, 5) is 9.66. The van der Waals surface area contributed by atoms with E-state index in [4.69, 9.17) is 21.1 Å². The summed E-state index contributed by atoms with van der Waals surface area (Å²) in [5, 5.41) is 3.53. The molecule has 0 radical (unpaired) electrons. The van der Waals surface area contributed by atoms with Crippen LogP contribution in [-0.4, -0.2) is 63.7 Å². The lowest BCUT2D eigenvalue weighted by Crippen LogP contribution is -2.47. The standard InChI is InChI=1S/C33H37ClFN5O4S/c1-39(2)30-16-23(22-8-6-5-7-9-22)11-13-28(30)38-29-19-27(35)32(18-26(29)34)45(41,42)40(33-14-15-36-21-37-33)20-24-10-12-25(43-3)17-31(24)44-4/h5-10,12,14-15,17-19,21,23,28,30,38H,11,13,16,20H2,1-4H3/t23?,28-,30-/m0/s1. The molecule has 12 heteroatoms. The largest absolute Gasteiger partial charge is 0.497 e. The highest BCUT2D eigenvalue weighted by molar-refractivity contribution is 7.92. The number of aromatic nitrogens is 2. The molecule has 3 aromatic carbocycles. The SMILES string of the molecule is COc1ccc(CN(c2ccncn2)S(=O)(=O)c2cc(Cl)c(N[C@H]3CCC(c4ccccc4)C[C@@H]3N(C)C)cc2F)c(OC)c1. The first-order valence-electron chi connectivity index (χ1n) is 14.6. The fourth-order valence-corrected chi connectivity index (χ4v) is 7.68. The van der Waals surface area contributed by atoms with Crippen molar-refractivity contribution in [1.29, 1.82) is 0 Å². The molecule has 1 heterocycles. The maximum absolute atomic E-state index is 15.9. The van der Waals surface area contributed by atoms with E-state index in [0.717, 1.165) is 35.7 Å². The first-order valence-corrected chi connectivity index (χ1v) is 16.4. The van der Waals surface area contributed by atoms with E-state index in [2.05, 4.69) is 44.5 Å². The average molecular weight is 654 g/mol. The van der Waals surface area contributed by atoms with Gasteiger partial charge in [0.15, 0.2) is 0 Å². The fraction of sp³-hybridized carbons (Fsp3) is 0.333. The van der Waals surface area contributed by atoms with Crippen LogP contribution in [0.2, 0.25) is 5.02 Å². The number of sulfonamides is 1. The molecule has 4 aromatic rings. The van der Waals surface area contributed by atoms with Crippen molar-refractivity contribution in [1.82, 2.24) is 14.9 Å². The van der Waals surface area contributed by atoms with E-state index in [1.807, 2.05) is 20.2 Å².